The molecule has 0 saturated heterocycles. The molecule has 0 unspecified atom stereocenters. The minimum Gasteiger partial charge on any atom is -0.309 e. The van der Waals surface area contributed by atoms with Crippen molar-refractivity contribution in [3.8, 4) is 33.6 Å². The number of aryl methyl sites for hydroxylation is 1. The Labute approximate surface area is 306 Å². The molecule has 0 saturated carbocycles. The van der Waals surface area contributed by atoms with Crippen LogP contribution < -0.4 is 0 Å². The SMILES string of the molecule is C=C/C=C\c1c(C)c2ccccc2n1-c1c(-c2ccccc2)cccc1-c1ccccc1-n1c2ccccc2c2cc3sc4ccccc4c3cc21. The second kappa shape index (κ2) is 12.1. The smallest absolute Gasteiger partial charge is 0.0619 e. The topological polar surface area (TPSA) is 9.86 Å². The van der Waals surface area contributed by atoms with Gasteiger partial charge in [0.25, 0.3) is 0 Å². The van der Waals surface area contributed by atoms with Crippen LogP contribution in [0.25, 0.3) is 92.6 Å². The molecule has 0 atom stereocenters. The minimum atomic E-state index is 1.15. The molecular weight excluding hydrogens is 649 g/mol. The van der Waals surface area contributed by atoms with Crippen molar-refractivity contribution >= 4 is 70.3 Å². The highest BCUT2D eigenvalue weighted by Crippen LogP contribution is 2.45. The normalized spacial score (nSPS) is 11.9. The molecular formula is C49H34N2S. The quantitative estimate of drug-likeness (QED) is 0.155. The maximum absolute atomic E-state index is 4.02. The van der Waals surface area contributed by atoms with E-state index in [2.05, 4.69) is 186 Å². The number of benzene rings is 7. The molecule has 0 aliphatic heterocycles. The summed E-state index contributed by atoms with van der Waals surface area (Å²) in [6.07, 6.45) is 6.10. The van der Waals surface area contributed by atoms with E-state index in [1.165, 1.54) is 80.7 Å². The molecule has 0 aliphatic carbocycles. The summed E-state index contributed by atoms with van der Waals surface area (Å²) in [5.74, 6) is 0. The monoisotopic (exact) mass is 682 g/mol. The number of allylic oxidation sites excluding steroid dienone is 2. The van der Waals surface area contributed by atoms with Crippen molar-refractivity contribution in [3.63, 3.8) is 0 Å². The number of nitrogens with zero attached hydrogens (tertiary/aromatic N) is 2. The van der Waals surface area contributed by atoms with Gasteiger partial charge in [-0.3, -0.25) is 0 Å². The summed E-state index contributed by atoms with van der Waals surface area (Å²) >= 11 is 1.88. The highest BCUT2D eigenvalue weighted by molar-refractivity contribution is 7.25. The highest BCUT2D eigenvalue weighted by atomic mass is 32.1. The van der Waals surface area contributed by atoms with E-state index in [1.807, 2.05) is 23.5 Å². The lowest BCUT2D eigenvalue weighted by Gasteiger charge is -2.22. The van der Waals surface area contributed by atoms with Gasteiger partial charge >= 0.3 is 0 Å². The molecule has 0 spiro atoms. The first-order chi connectivity index (χ1) is 25.7. The summed E-state index contributed by atoms with van der Waals surface area (Å²) in [6.45, 7) is 6.25. The number of fused-ring (bicyclic) bond motifs is 7. The number of hydrogen-bond donors (Lipinski definition) is 0. The molecule has 10 rings (SSSR count). The van der Waals surface area contributed by atoms with Crippen LogP contribution in [0.3, 0.4) is 0 Å². The van der Waals surface area contributed by atoms with E-state index in [9.17, 15) is 0 Å². The van der Waals surface area contributed by atoms with Gasteiger partial charge < -0.3 is 9.13 Å². The van der Waals surface area contributed by atoms with Crippen LogP contribution in [0.2, 0.25) is 0 Å². The molecule has 3 heterocycles. The standard InChI is InChI=1S/C49H34N2S/c1-3-4-25-42-32(2)34-19-8-12-26-43(34)51(42)49-35(33-17-6-5-7-18-33)23-16-24-39(49)36-20-9-13-27-44(36)50-45-28-14-10-21-37(45)40-31-48-41(30-46(40)50)38-22-11-15-29-47(38)52-48/h3-31H,1H2,2H3/b25-4-. The first kappa shape index (κ1) is 30.4. The lowest BCUT2D eigenvalue weighted by Crippen LogP contribution is -2.05. The third-order valence-corrected chi connectivity index (χ3v) is 11.6. The summed E-state index contributed by atoms with van der Waals surface area (Å²) in [5.41, 5.74) is 13.0. The summed E-state index contributed by atoms with van der Waals surface area (Å²) in [5, 5.41) is 6.37. The fourth-order valence-electron chi connectivity index (χ4n) is 8.22. The largest absolute Gasteiger partial charge is 0.309 e. The fourth-order valence-corrected chi connectivity index (χ4v) is 9.34. The molecule has 246 valence electrons. The van der Waals surface area contributed by atoms with Gasteiger partial charge in [0.05, 0.1) is 27.9 Å². The van der Waals surface area contributed by atoms with Gasteiger partial charge in [-0.25, -0.2) is 0 Å². The van der Waals surface area contributed by atoms with E-state index in [4.69, 9.17) is 0 Å². The first-order valence-electron chi connectivity index (χ1n) is 17.7. The zero-order valence-corrected chi connectivity index (χ0v) is 29.6. The van der Waals surface area contributed by atoms with Gasteiger partial charge in [-0.15, -0.1) is 11.3 Å². The Balaban J connectivity index is 1.34. The van der Waals surface area contributed by atoms with Gasteiger partial charge in [0.1, 0.15) is 0 Å². The maximum Gasteiger partial charge on any atom is 0.0619 e. The van der Waals surface area contributed by atoms with Gasteiger partial charge in [0, 0.05) is 58.7 Å². The van der Waals surface area contributed by atoms with Crippen molar-refractivity contribution < 1.29 is 0 Å². The molecule has 3 heteroatoms. The van der Waals surface area contributed by atoms with Gasteiger partial charge in [0.15, 0.2) is 0 Å². The van der Waals surface area contributed by atoms with Crippen LogP contribution in [0, 0.1) is 6.92 Å². The number of hydrogen-bond acceptors (Lipinski definition) is 1. The summed E-state index contributed by atoms with van der Waals surface area (Å²) < 4.78 is 7.59. The Kier molecular flexibility index (Phi) is 7.09. The van der Waals surface area contributed by atoms with E-state index in [1.54, 1.807) is 0 Å². The van der Waals surface area contributed by atoms with E-state index >= 15 is 0 Å². The van der Waals surface area contributed by atoms with Crippen LogP contribution in [0.15, 0.2) is 176 Å². The van der Waals surface area contributed by atoms with Crippen LogP contribution in [0.4, 0.5) is 0 Å². The predicted octanol–water partition coefficient (Wildman–Crippen LogP) is 13.9. The number of thiophene rings is 1. The van der Waals surface area contributed by atoms with Crippen molar-refractivity contribution in [1.82, 2.24) is 9.13 Å². The average molecular weight is 683 g/mol. The summed E-state index contributed by atoms with van der Waals surface area (Å²) in [6, 6.07) is 57.7. The van der Waals surface area contributed by atoms with Crippen molar-refractivity contribution in [3.05, 3.63) is 188 Å². The van der Waals surface area contributed by atoms with Gasteiger partial charge in [0.2, 0.25) is 0 Å². The Morgan fingerprint density at radius 3 is 1.98 bits per heavy atom. The lowest BCUT2D eigenvalue weighted by atomic mass is 9.94. The minimum absolute atomic E-state index is 1.15. The molecule has 7 aromatic carbocycles. The Hall–Kier alpha value is -6.42. The molecule has 52 heavy (non-hydrogen) atoms. The van der Waals surface area contributed by atoms with Crippen LogP contribution in [-0.4, -0.2) is 9.13 Å². The molecule has 0 amide bonds. The summed E-state index contributed by atoms with van der Waals surface area (Å²) in [4.78, 5) is 0. The molecule has 0 bridgehead atoms. The molecule has 0 aliphatic rings. The third kappa shape index (κ3) is 4.56. The van der Waals surface area contributed by atoms with Crippen molar-refractivity contribution in [2.75, 3.05) is 0 Å². The number of rotatable bonds is 6. The van der Waals surface area contributed by atoms with E-state index < -0.39 is 0 Å². The second-order valence-corrected chi connectivity index (χ2v) is 14.4. The molecule has 2 nitrogen and oxygen atoms in total. The highest BCUT2D eigenvalue weighted by Gasteiger charge is 2.23. The van der Waals surface area contributed by atoms with Crippen molar-refractivity contribution in [2.24, 2.45) is 0 Å². The Morgan fingerprint density at radius 1 is 0.500 bits per heavy atom. The molecule has 0 N–H and O–H groups in total. The fraction of sp³-hybridized carbons (Fsp3) is 0.0204. The molecule has 3 aromatic heterocycles. The predicted molar refractivity (Wildman–Crippen MR) is 225 cm³/mol. The Morgan fingerprint density at radius 2 is 1.15 bits per heavy atom. The van der Waals surface area contributed by atoms with Crippen LogP contribution >= 0.6 is 11.3 Å². The molecule has 10 aromatic rings. The van der Waals surface area contributed by atoms with Gasteiger partial charge in [-0.1, -0.05) is 140 Å². The number of para-hydroxylation sites is 4. The van der Waals surface area contributed by atoms with E-state index in [-0.39, 0.29) is 0 Å². The van der Waals surface area contributed by atoms with Gasteiger partial charge in [-0.2, -0.15) is 0 Å². The zero-order valence-electron chi connectivity index (χ0n) is 28.8. The number of aromatic nitrogens is 2. The van der Waals surface area contributed by atoms with Crippen molar-refractivity contribution in [2.45, 2.75) is 6.92 Å². The van der Waals surface area contributed by atoms with Crippen LogP contribution in [-0.2, 0) is 0 Å². The third-order valence-electron chi connectivity index (χ3n) is 10.5. The maximum atomic E-state index is 4.02. The Bertz CT molecular complexity index is 3040. The van der Waals surface area contributed by atoms with Crippen LogP contribution in [0.5, 0.6) is 0 Å². The van der Waals surface area contributed by atoms with E-state index in [0.29, 0.717) is 0 Å². The average Bonchev–Trinajstić information content (AvgIpc) is 3.82. The van der Waals surface area contributed by atoms with Crippen molar-refractivity contribution in [1.29, 1.82) is 0 Å². The molecule has 0 fully saturated rings. The molecule has 0 radical (unpaired) electrons. The second-order valence-electron chi connectivity index (χ2n) is 13.4. The van der Waals surface area contributed by atoms with Gasteiger partial charge in [-0.05, 0) is 60.5 Å². The first-order valence-corrected chi connectivity index (χ1v) is 18.5. The zero-order chi connectivity index (χ0) is 34.8. The summed E-state index contributed by atoms with van der Waals surface area (Å²) in [7, 11) is 0. The van der Waals surface area contributed by atoms with E-state index in [0.717, 1.165) is 17.1 Å². The van der Waals surface area contributed by atoms with Crippen LogP contribution in [0.1, 0.15) is 11.3 Å². The lowest BCUT2D eigenvalue weighted by molar-refractivity contribution is 1.10.